The number of aromatic nitrogens is 3. The van der Waals surface area contributed by atoms with Crippen molar-refractivity contribution in [1.82, 2.24) is 14.8 Å². The fourth-order valence-electron chi connectivity index (χ4n) is 2.01. The highest BCUT2D eigenvalue weighted by Gasteiger charge is 2.02. The van der Waals surface area contributed by atoms with Gasteiger partial charge in [-0.1, -0.05) is 24.3 Å². The molecule has 0 saturated heterocycles. The molecule has 0 aliphatic carbocycles. The summed E-state index contributed by atoms with van der Waals surface area (Å²) >= 11 is 0. The van der Waals surface area contributed by atoms with Gasteiger partial charge in [-0.05, 0) is 17.5 Å². The molecule has 0 spiro atoms. The van der Waals surface area contributed by atoms with E-state index in [1.54, 1.807) is 6.20 Å². The quantitative estimate of drug-likeness (QED) is 0.762. The number of rotatable bonds is 3. The van der Waals surface area contributed by atoms with Crippen LogP contribution in [0.15, 0.2) is 48.8 Å². The Bertz CT molecular complexity index is 667. The summed E-state index contributed by atoms with van der Waals surface area (Å²) in [7, 11) is 1.94. The second-order valence-corrected chi connectivity index (χ2v) is 4.18. The van der Waals surface area contributed by atoms with Gasteiger partial charge < -0.3 is 5.32 Å². The Balaban J connectivity index is 1.89. The van der Waals surface area contributed by atoms with Crippen molar-refractivity contribution in [2.75, 3.05) is 5.32 Å². The highest BCUT2D eigenvalue weighted by molar-refractivity contribution is 5.91. The van der Waals surface area contributed by atoms with Gasteiger partial charge in [0.15, 0.2) is 0 Å². The molecule has 3 rings (SSSR count). The van der Waals surface area contributed by atoms with Crippen LogP contribution in [-0.4, -0.2) is 14.8 Å². The molecule has 1 aromatic carbocycles. The van der Waals surface area contributed by atoms with Crippen LogP contribution in [0.1, 0.15) is 5.69 Å². The second-order valence-electron chi connectivity index (χ2n) is 4.18. The molecular weight excluding hydrogens is 224 g/mol. The lowest BCUT2D eigenvalue weighted by atomic mass is 10.1. The van der Waals surface area contributed by atoms with E-state index in [0.717, 1.165) is 23.4 Å². The van der Waals surface area contributed by atoms with Crippen molar-refractivity contribution in [3.05, 3.63) is 54.5 Å². The van der Waals surface area contributed by atoms with E-state index < -0.39 is 0 Å². The minimum absolute atomic E-state index is 0.720. The van der Waals surface area contributed by atoms with Crippen LogP contribution in [0.4, 0.5) is 5.82 Å². The van der Waals surface area contributed by atoms with Gasteiger partial charge in [0.05, 0.1) is 12.2 Å². The minimum Gasteiger partial charge on any atom is -0.364 e. The molecule has 0 aliphatic heterocycles. The van der Waals surface area contributed by atoms with Crippen molar-refractivity contribution in [1.29, 1.82) is 0 Å². The van der Waals surface area contributed by atoms with Gasteiger partial charge in [0.1, 0.15) is 5.82 Å². The zero-order valence-electron chi connectivity index (χ0n) is 10.2. The SMILES string of the molecule is Cn1nccc1CNc1nccc2ccccc12. The van der Waals surface area contributed by atoms with Crippen LogP contribution in [0.5, 0.6) is 0 Å². The molecule has 0 radical (unpaired) electrons. The minimum atomic E-state index is 0.720. The smallest absolute Gasteiger partial charge is 0.134 e. The summed E-state index contributed by atoms with van der Waals surface area (Å²) in [5.41, 5.74) is 1.13. The van der Waals surface area contributed by atoms with Crippen molar-refractivity contribution >= 4 is 16.6 Å². The van der Waals surface area contributed by atoms with Crippen molar-refractivity contribution in [2.24, 2.45) is 7.05 Å². The number of nitrogens with one attached hydrogen (secondary N) is 1. The van der Waals surface area contributed by atoms with Gasteiger partial charge in [0.25, 0.3) is 0 Å². The van der Waals surface area contributed by atoms with Gasteiger partial charge in [-0.25, -0.2) is 4.98 Å². The predicted octanol–water partition coefficient (Wildman–Crippen LogP) is 2.58. The third kappa shape index (κ3) is 1.93. The molecule has 0 saturated carbocycles. The molecule has 4 heteroatoms. The largest absolute Gasteiger partial charge is 0.364 e. The lowest BCUT2D eigenvalue weighted by molar-refractivity contribution is 0.720. The summed E-state index contributed by atoms with van der Waals surface area (Å²) in [6, 6.07) is 12.2. The second kappa shape index (κ2) is 4.49. The van der Waals surface area contributed by atoms with Crippen molar-refractivity contribution in [3.8, 4) is 0 Å². The number of benzene rings is 1. The molecule has 90 valence electrons. The molecule has 0 fully saturated rings. The molecule has 0 atom stereocenters. The summed E-state index contributed by atoms with van der Waals surface area (Å²) in [6.07, 6.45) is 3.63. The highest BCUT2D eigenvalue weighted by atomic mass is 15.3. The number of anilines is 1. The van der Waals surface area contributed by atoms with Crippen molar-refractivity contribution in [3.63, 3.8) is 0 Å². The third-order valence-electron chi connectivity index (χ3n) is 3.03. The average molecular weight is 238 g/mol. The van der Waals surface area contributed by atoms with Crippen LogP contribution in [0, 0.1) is 0 Å². The van der Waals surface area contributed by atoms with Gasteiger partial charge in [-0.15, -0.1) is 0 Å². The Morgan fingerprint density at radius 3 is 2.83 bits per heavy atom. The molecule has 18 heavy (non-hydrogen) atoms. The lowest BCUT2D eigenvalue weighted by Gasteiger charge is -2.08. The predicted molar refractivity (Wildman–Crippen MR) is 72.3 cm³/mol. The number of nitrogens with zero attached hydrogens (tertiary/aromatic N) is 3. The Morgan fingerprint density at radius 2 is 2.00 bits per heavy atom. The molecule has 0 bridgehead atoms. The third-order valence-corrected chi connectivity index (χ3v) is 3.03. The molecule has 0 unspecified atom stereocenters. The summed E-state index contributed by atoms with van der Waals surface area (Å²) in [6.45, 7) is 0.720. The summed E-state index contributed by atoms with van der Waals surface area (Å²) < 4.78 is 1.86. The average Bonchev–Trinajstić information content (AvgIpc) is 2.82. The molecule has 3 aromatic rings. The molecule has 0 aliphatic rings. The molecule has 1 N–H and O–H groups in total. The van der Waals surface area contributed by atoms with Gasteiger partial charge in [0.2, 0.25) is 0 Å². The Kier molecular flexibility index (Phi) is 2.68. The molecule has 0 amide bonds. The van der Waals surface area contributed by atoms with Gasteiger partial charge in [0, 0.05) is 24.8 Å². The standard InChI is InChI=1S/C14H14N4/c1-18-12(7-9-17-18)10-16-14-13-5-3-2-4-11(13)6-8-15-14/h2-9H,10H2,1H3,(H,15,16). The maximum Gasteiger partial charge on any atom is 0.134 e. The monoisotopic (exact) mass is 238 g/mol. The molecule has 4 nitrogen and oxygen atoms in total. The topological polar surface area (TPSA) is 42.7 Å². The number of hydrogen-bond acceptors (Lipinski definition) is 3. The van der Waals surface area contributed by atoms with Crippen LogP contribution in [-0.2, 0) is 13.6 Å². The Morgan fingerprint density at radius 1 is 1.11 bits per heavy atom. The highest BCUT2D eigenvalue weighted by Crippen LogP contribution is 2.20. The maximum absolute atomic E-state index is 4.40. The van der Waals surface area contributed by atoms with E-state index in [-0.39, 0.29) is 0 Å². The van der Waals surface area contributed by atoms with Crippen LogP contribution in [0.3, 0.4) is 0 Å². The van der Waals surface area contributed by atoms with Gasteiger partial charge in [-0.3, -0.25) is 4.68 Å². The van der Waals surface area contributed by atoms with Crippen molar-refractivity contribution in [2.45, 2.75) is 6.54 Å². The van der Waals surface area contributed by atoms with E-state index in [2.05, 4.69) is 27.5 Å². The molecular formula is C14H14N4. The van der Waals surface area contributed by atoms with E-state index in [1.165, 1.54) is 5.39 Å². The summed E-state index contributed by atoms with van der Waals surface area (Å²) in [4.78, 5) is 4.40. The number of aryl methyl sites for hydroxylation is 1. The van der Waals surface area contributed by atoms with E-state index in [0.29, 0.717) is 0 Å². The zero-order chi connectivity index (χ0) is 12.4. The van der Waals surface area contributed by atoms with E-state index in [1.807, 2.05) is 42.2 Å². The van der Waals surface area contributed by atoms with Crippen LogP contribution >= 0.6 is 0 Å². The summed E-state index contributed by atoms with van der Waals surface area (Å²) in [5.74, 6) is 0.911. The van der Waals surface area contributed by atoms with E-state index in [9.17, 15) is 0 Å². The normalized spacial score (nSPS) is 10.7. The molecule has 2 aromatic heterocycles. The zero-order valence-corrected chi connectivity index (χ0v) is 10.2. The van der Waals surface area contributed by atoms with Gasteiger partial charge in [-0.2, -0.15) is 5.10 Å². The fourth-order valence-corrected chi connectivity index (χ4v) is 2.01. The Hall–Kier alpha value is -2.36. The van der Waals surface area contributed by atoms with Crippen molar-refractivity contribution < 1.29 is 0 Å². The maximum atomic E-state index is 4.40. The van der Waals surface area contributed by atoms with Crippen LogP contribution in [0.25, 0.3) is 10.8 Å². The first-order valence-electron chi connectivity index (χ1n) is 5.89. The Labute approximate surface area is 105 Å². The first-order chi connectivity index (χ1) is 8.84. The molecule has 2 heterocycles. The number of pyridine rings is 1. The summed E-state index contributed by atoms with van der Waals surface area (Å²) in [5, 5.41) is 9.84. The lowest BCUT2D eigenvalue weighted by Crippen LogP contribution is -2.06. The van der Waals surface area contributed by atoms with E-state index in [4.69, 9.17) is 0 Å². The number of hydrogen-bond donors (Lipinski definition) is 1. The van der Waals surface area contributed by atoms with Crippen LogP contribution < -0.4 is 5.32 Å². The van der Waals surface area contributed by atoms with Gasteiger partial charge >= 0.3 is 0 Å². The first kappa shape index (κ1) is 10.8. The van der Waals surface area contributed by atoms with E-state index >= 15 is 0 Å². The fraction of sp³-hybridized carbons (Fsp3) is 0.143. The van der Waals surface area contributed by atoms with Crippen LogP contribution in [0.2, 0.25) is 0 Å². The first-order valence-corrected chi connectivity index (χ1v) is 5.89. The number of fused-ring (bicyclic) bond motifs is 1.